The van der Waals surface area contributed by atoms with E-state index in [9.17, 15) is 8.42 Å². The maximum Gasteiger partial charge on any atom is 0.240 e. The molecule has 0 saturated carbocycles. The van der Waals surface area contributed by atoms with Gasteiger partial charge >= 0.3 is 0 Å². The van der Waals surface area contributed by atoms with E-state index in [0.717, 1.165) is 21.8 Å². The Bertz CT molecular complexity index is 728. The maximum absolute atomic E-state index is 12.3. The fourth-order valence-corrected chi connectivity index (χ4v) is 3.83. The predicted molar refractivity (Wildman–Crippen MR) is 86.1 cm³/mol. The van der Waals surface area contributed by atoms with Gasteiger partial charge in [0.15, 0.2) is 0 Å². The molecule has 21 heavy (non-hydrogen) atoms. The summed E-state index contributed by atoms with van der Waals surface area (Å²) in [6, 6.07) is 3.14. The van der Waals surface area contributed by atoms with Crippen LogP contribution in [0.25, 0.3) is 0 Å². The molecule has 0 atom stereocenters. The van der Waals surface area contributed by atoms with Crippen molar-refractivity contribution in [2.75, 3.05) is 12.3 Å². The van der Waals surface area contributed by atoms with Gasteiger partial charge in [-0.2, -0.15) is 0 Å². The van der Waals surface area contributed by atoms with Crippen LogP contribution in [0.3, 0.4) is 0 Å². The molecule has 2 aromatic rings. The SMILES string of the molecule is Cc1csc(CCNS(=O)(=O)c2cc(C)c(C)c(N)c2)n1. The monoisotopic (exact) mass is 325 g/mol. The van der Waals surface area contributed by atoms with E-state index in [4.69, 9.17) is 5.73 Å². The summed E-state index contributed by atoms with van der Waals surface area (Å²) in [5.74, 6) is 0. The minimum Gasteiger partial charge on any atom is -0.398 e. The molecular formula is C14H19N3O2S2. The van der Waals surface area contributed by atoms with Crippen LogP contribution in [0.4, 0.5) is 5.69 Å². The highest BCUT2D eigenvalue weighted by atomic mass is 32.2. The quantitative estimate of drug-likeness (QED) is 0.825. The Balaban J connectivity index is 2.08. The van der Waals surface area contributed by atoms with E-state index in [2.05, 4.69) is 9.71 Å². The van der Waals surface area contributed by atoms with Crippen LogP contribution in [-0.4, -0.2) is 19.9 Å². The van der Waals surface area contributed by atoms with E-state index >= 15 is 0 Å². The number of nitrogens with two attached hydrogens (primary N) is 1. The summed E-state index contributed by atoms with van der Waals surface area (Å²) >= 11 is 1.54. The molecule has 1 heterocycles. The van der Waals surface area contributed by atoms with Gasteiger partial charge in [0.25, 0.3) is 0 Å². The Hall–Kier alpha value is -1.44. The van der Waals surface area contributed by atoms with Crippen LogP contribution in [-0.2, 0) is 16.4 Å². The van der Waals surface area contributed by atoms with Gasteiger partial charge in [0.1, 0.15) is 0 Å². The number of hydrogen-bond acceptors (Lipinski definition) is 5. The molecule has 2 rings (SSSR count). The van der Waals surface area contributed by atoms with E-state index in [0.29, 0.717) is 18.7 Å². The number of benzene rings is 1. The zero-order valence-electron chi connectivity index (χ0n) is 12.3. The predicted octanol–water partition coefficient (Wildman–Crippen LogP) is 2.17. The van der Waals surface area contributed by atoms with Crippen LogP contribution in [0, 0.1) is 20.8 Å². The first-order valence-corrected chi connectivity index (χ1v) is 8.93. The molecule has 5 nitrogen and oxygen atoms in total. The summed E-state index contributed by atoms with van der Waals surface area (Å²) in [6.07, 6.45) is 0.581. The minimum atomic E-state index is -3.54. The molecule has 0 unspecified atom stereocenters. The number of anilines is 1. The second-order valence-electron chi connectivity index (χ2n) is 4.98. The summed E-state index contributed by atoms with van der Waals surface area (Å²) in [7, 11) is -3.54. The van der Waals surface area contributed by atoms with Crippen LogP contribution < -0.4 is 10.5 Å². The lowest BCUT2D eigenvalue weighted by molar-refractivity contribution is 0.581. The minimum absolute atomic E-state index is 0.207. The zero-order chi connectivity index (χ0) is 15.6. The first-order chi connectivity index (χ1) is 9.79. The van der Waals surface area contributed by atoms with Gasteiger partial charge in [-0.05, 0) is 44.0 Å². The van der Waals surface area contributed by atoms with Crippen LogP contribution in [0.5, 0.6) is 0 Å². The molecule has 0 bridgehead atoms. The third kappa shape index (κ3) is 3.81. The Morgan fingerprint density at radius 2 is 2.00 bits per heavy atom. The van der Waals surface area contributed by atoms with Gasteiger partial charge in [-0.1, -0.05) is 0 Å². The van der Waals surface area contributed by atoms with Gasteiger partial charge in [0.05, 0.1) is 9.90 Å². The maximum atomic E-state index is 12.3. The fraction of sp³-hybridized carbons (Fsp3) is 0.357. The van der Waals surface area contributed by atoms with Crippen LogP contribution in [0.1, 0.15) is 21.8 Å². The lowest BCUT2D eigenvalue weighted by Gasteiger charge is -2.10. The molecule has 114 valence electrons. The summed E-state index contributed by atoms with van der Waals surface area (Å²) in [5.41, 5.74) is 9.07. The standard InChI is InChI=1S/C14H19N3O2S2/c1-9-6-12(7-13(15)11(9)3)21(18,19)16-5-4-14-17-10(2)8-20-14/h6-8,16H,4-5,15H2,1-3H3. The molecule has 0 radical (unpaired) electrons. The van der Waals surface area contributed by atoms with Crippen molar-refractivity contribution in [3.05, 3.63) is 39.3 Å². The number of nitrogens with zero attached hydrogens (tertiary/aromatic N) is 1. The first-order valence-electron chi connectivity index (χ1n) is 6.57. The molecule has 1 aromatic carbocycles. The summed E-state index contributed by atoms with van der Waals surface area (Å²) in [4.78, 5) is 4.51. The molecule has 0 aliphatic heterocycles. The van der Waals surface area contributed by atoms with Gasteiger partial charge in [0.2, 0.25) is 10.0 Å². The molecule has 0 saturated heterocycles. The van der Waals surface area contributed by atoms with Crippen molar-refractivity contribution in [2.45, 2.75) is 32.1 Å². The number of nitrogens with one attached hydrogen (secondary N) is 1. The van der Waals surface area contributed by atoms with Crippen molar-refractivity contribution in [1.82, 2.24) is 9.71 Å². The number of hydrogen-bond donors (Lipinski definition) is 2. The Kier molecular flexibility index (Phi) is 4.65. The molecule has 0 spiro atoms. The van der Waals surface area contributed by atoms with Crippen molar-refractivity contribution in [3.63, 3.8) is 0 Å². The molecule has 0 aliphatic carbocycles. The zero-order valence-corrected chi connectivity index (χ0v) is 13.9. The number of thiazole rings is 1. The van der Waals surface area contributed by atoms with E-state index in [1.54, 1.807) is 6.07 Å². The van der Waals surface area contributed by atoms with Crippen molar-refractivity contribution >= 4 is 27.0 Å². The number of sulfonamides is 1. The highest BCUT2D eigenvalue weighted by Gasteiger charge is 2.16. The average molecular weight is 325 g/mol. The van der Waals surface area contributed by atoms with E-state index in [1.165, 1.54) is 17.4 Å². The van der Waals surface area contributed by atoms with Crippen molar-refractivity contribution in [2.24, 2.45) is 0 Å². The smallest absolute Gasteiger partial charge is 0.240 e. The van der Waals surface area contributed by atoms with E-state index < -0.39 is 10.0 Å². The van der Waals surface area contributed by atoms with Crippen molar-refractivity contribution in [1.29, 1.82) is 0 Å². The lowest BCUT2D eigenvalue weighted by atomic mass is 10.1. The van der Waals surface area contributed by atoms with Gasteiger partial charge in [0, 0.05) is 29.7 Å². The second kappa shape index (κ2) is 6.13. The normalized spacial score (nSPS) is 11.8. The summed E-state index contributed by atoms with van der Waals surface area (Å²) < 4.78 is 27.1. The number of nitrogen functional groups attached to an aromatic ring is 1. The molecule has 3 N–H and O–H groups in total. The van der Waals surface area contributed by atoms with E-state index in [-0.39, 0.29) is 4.90 Å². The van der Waals surface area contributed by atoms with Crippen LogP contribution in [0.15, 0.2) is 22.4 Å². The topological polar surface area (TPSA) is 85.1 Å². The molecule has 0 amide bonds. The molecule has 0 fully saturated rings. The number of aromatic nitrogens is 1. The molecular weight excluding hydrogens is 306 g/mol. The Morgan fingerprint density at radius 3 is 2.57 bits per heavy atom. The first kappa shape index (κ1) is 15.9. The van der Waals surface area contributed by atoms with Gasteiger partial charge in [-0.15, -0.1) is 11.3 Å². The lowest BCUT2D eigenvalue weighted by Crippen LogP contribution is -2.26. The third-order valence-electron chi connectivity index (χ3n) is 3.29. The number of aryl methyl sites for hydroxylation is 2. The Morgan fingerprint density at radius 1 is 1.29 bits per heavy atom. The molecule has 1 aromatic heterocycles. The fourth-order valence-electron chi connectivity index (χ4n) is 1.90. The van der Waals surface area contributed by atoms with E-state index in [1.807, 2.05) is 26.2 Å². The van der Waals surface area contributed by atoms with Crippen molar-refractivity contribution in [3.8, 4) is 0 Å². The second-order valence-corrected chi connectivity index (χ2v) is 7.69. The van der Waals surface area contributed by atoms with Crippen LogP contribution >= 0.6 is 11.3 Å². The largest absolute Gasteiger partial charge is 0.398 e. The van der Waals surface area contributed by atoms with Crippen molar-refractivity contribution < 1.29 is 8.42 Å². The number of rotatable bonds is 5. The summed E-state index contributed by atoms with van der Waals surface area (Å²) in [5, 5.41) is 2.88. The Labute approximate surface area is 129 Å². The van der Waals surface area contributed by atoms with Gasteiger partial charge in [-0.3, -0.25) is 0 Å². The molecule has 0 aliphatic rings. The molecule has 7 heteroatoms. The van der Waals surface area contributed by atoms with Gasteiger partial charge in [-0.25, -0.2) is 18.1 Å². The highest BCUT2D eigenvalue weighted by molar-refractivity contribution is 7.89. The van der Waals surface area contributed by atoms with Gasteiger partial charge < -0.3 is 5.73 Å². The van der Waals surface area contributed by atoms with Crippen LogP contribution in [0.2, 0.25) is 0 Å². The third-order valence-corrected chi connectivity index (χ3v) is 5.76. The summed E-state index contributed by atoms with van der Waals surface area (Å²) in [6.45, 7) is 5.96. The highest BCUT2D eigenvalue weighted by Crippen LogP contribution is 2.21. The average Bonchev–Trinajstić information content (AvgIpc) is 2.81.